The molecule has 1 aliphatic rings. The minimum atomic E-state index is -3.69. The Morgan fingerprint density at radius 2 is 1.90 bits per heavy atom. The Morgan fingerprint density at radius 1 is 1.17 bits per heavy atom. The second-order valence-corrected chi connectivity index (χ2v) is 9.82. The summed E-state index contributed by atoms with van der Waals surface area (Å²) in [7, 11) is -3.69. The lowest BCUT2D eigenvalue weighted by Gasteiger charge is -2.18. The van der Waals surface area contributed by atoms with Crippen LogP contribution in [0.15, 0.2) is 51.8 Å². The van der Waals surface area contributed by atoms with Gasteiger partial charge in [0.2, 0.25) is 11.8 Å². The highest BCUT2D eigenvalue weighted by Gasteiger charge is 2.28. The molecule has 0 unspecified atom stereocenters. The van der Waals surface area contributed by atoms with Gasteiger partial charge in [0.15, 0.2) is 9.84 Å². The highest BCUT2D eigenvalue weighted by molar-refractivity contribution is 9.10. The third-order valence-corrected chi connectivity index (χ3v) is 7.57. The van der Waals surface area contributed by atoms with Gasteiger partial charge in [-0.15, -0.1) is 0 Å². The third kappa shape index (κ3) is 5.05. The SMILES string of the molecule is CCC(=O)N1CCc2cc(Br)c(S(=O)(=O)CCC(=O)NCc3ccccc3)cc21. The molecule has 0 radical (unpaired) electrons. The number of sulfone groups is 1. The van der Waals surface area contributed by atoms with Gasteiger partial charge in [-0.1, -0.05) is 37.3 Å². The molecule has 2 aromatic carbocycles. The van der Waals surface area contributed by atoms with Gasteiger partial charge < -0.3 is 10.2 Å². The standard InChI is InChI=1S/C21H23BrN2O4S/c1-2-21(26)24-10-8-16-12-17(22)19(13-18(16)24)29(27,28)11-9-20(25)23-14-15-6-4-3-5-7-15/h3-7,12-13H,2,8-11,14H2,1H3,(H,23,25). The van der Waals surface area contributed by atoms with Crippen LogP contribution in [-0.4, -0.2) is 32.5 Å². The molecule has 0 saturated heterocycles. The zero-order valence-corrected chi connectivity index (χ0v) is 18.6. The van der Waals surface area contributed by atoms with Gasteiger partial charge in [-0.2, -0.15) is 0 Å². The van der Waals surface area contributed by atoms with Crippen LogP contribution in [0.5, 0.6) is 0 Å². The highest BCUT2D eigenvalue weighted by Crippen LogP contribution is 2.36. The van der Waals surface area contributed by atoms with Gasteiger partial charge in [-0.3, -0.25) is 9.59 Å². The average molecular weight is 479 g/mol. The molecule has 1 heterocycles. The van der Waals surface area contributed by atoms with Gasteiger partial charge in [0.25, 0.3) is 0 Å². The number of hydrogen-bond acceptors (Lipinski definition) is 4. The lowest BCUT2D eigenvalue weighted by atomic mass is 10.2. The predicted octanol–water partition coefficient (Wildman–Crippen LogP) is 3.23. The summed E-state index contributed by atoms with van der Waals surface area (Å²) in [4.78, 5) is 26.0. The second kappa shape index (κ2) is 9.09. The summed E-state index contributed by atoms with van der Waals surface area (Å²) < 4.78 is 26.2. The van der Waals surface area contributed by atoms with E-state index in [9.17, 15) is 18.0 Å². The van der Waals surface area contributed by atoms with Gasteiger partial charge >= 0.3 is 0 Å². The van der Waals surface area contributed by atoms with E-state index in [4.69, 9.17) is 0 Å². The van der Waals surface area contributed by atoms with Crippen molar-refractivity contribution in [3.63, 3.8) is 0 Å². The van der Waals surface area contributed by atoms with Crippen LogP contribution in [0.3, 0.4) is 0 Å². The summed E-state index contributed by atoms with van der Waals surface area (Å²) in [6, 6.07) is 12.7. The van der Waals surface area contributed by atoms with E-state index in [1.807, 2.05) is 30.3 Å². The summed E-state index contributed by atoms with van der Waals surface area (Å²) >= 11 is 3.34. The summed E-state index contributed by atoms with van der Waals surface area (Å²) in [5, 5.41) is 2.74. The summed E-state index contributed by atoms with van der Waals surface area (Å²) in [6.45, 7) is 2.70. The summed E-state index contributed by atoms with van der Waals surface area (Å²) in [5.41, 5.74) is 2.54. The van der Waals surface area contributed by atoms with Crippen LogP contribution in [0.2, 0.25) is 0 Å². The molecule has 29 heavy (non-hydrogen) atoms. The van der Waals surface area contributed by atoms with Crippen molar-refractivity contribution in [1.29, 1.82) is 0 Å². The predicted molar refractivity (Wildman–Crippen MR) is 115 cm³/mol. The monoisotopic (exact) mass is 478 g/mol. The van der Waals surface area contributed by atoms with E-state index >= 15 is 0 Å². The number of anilines is 1. The number of nitrogens with one attached hydrogen (secondary N) is 1. The number of nitrogens with zero attached hydrogens (tertiary/aromatic N) is 1. The van der Waals surface area contributed by atoms with Gasteiger partial charge in [0.05, 0.1) is 10.6 Å². The Morgan fingerprint density at radius 3 is 2.59 bits per heavy atom. The fraction of sp³-hybridized carbons (Fsp3) is 0.333. The van der Waals surface area contributed by atoms with Crippen LogP contribution in [0.25, 0.3) is 0 Å². The van der Waals surface area contributed by atoms with Gasteiger partial charge in [-0.05, 0) is 45.6 Å². The first-order valence-electron chi connectivity index (χ1n) is 9.48. The molecule has 0 aliphatic carbocycles. The van der Waals surface area contributed by atoms with Crippen molar-refractivity contribution < 1.29 is 18.0 Å². The molecule has 0 aromatic heterocycles. The number of carbonyl (C=O) groups is 2. The van der Waals surface area contributed by atoms with Crippen molar-refractivity contribution in [3.8, 4) is 0 Å². The number of rotatable bonds is 7. The van der Waals surface area contributed by atoms with E-state index in [1.54, 1.807) is 24.0 Å². The maximum Gasteiger partial charge on any atom is 0.226 e. The van der Waals surface area contributed by atoms with E-state index in [0.717, 1.165) is 11.1 Å². The molecule has 2 amide bonds. The molecular formula is C21H23BrN2O4S. The first-order valence-corrected chi connectivity index (χ1v) is 11.9. The van der Waals surface area contributed by atoms with Crippen molar-refractivity contribution >= 4 is 43.3 Å². The number of carbonyl (C=O) groups excluding carboxylic acids is 2. The molecule has 0 fully saturated rings. The van der Waals surface area contributed by atoms with Crippen LogP contribution < -0.4 is 10.2 Å². The summed E-state index contributed by atoms with van der Waals surface area (Å²) in [6.07, 6.45) is 0.928. The smallest absolute Gasteiger partial charge is 0.226 e. The molecule has 8 heteroatoms. The van der Waals surface area contributed by atoms with E-state index in [1.165, 1.54) is 0 Å². The van der Waals surface area contributed by atoms with Crippen molar-refractivity contribution in [1.82, 2.24) is 5.32 Å². The molecule has 3 rings (SSSR count). The zero-order chi connectivity index (χ0) is 21.0. The first kappa shape index (κ1) is 21.5. The molecule has 1 N–H and O–H groups in total. The third-order valence-electron chi connectivity index (χ3n) is 4.90. The average Bonchev–Trinajstić information content (AvgIpc) is 3.13. The maximum absolute atomic E-state index is 12.9. The Bertz CT molecular complexity index is 1020. The van der Waals surface area contributed by atoms with E-state index in [0.29, 0.717) is 36.1 Å². The normalized spacial score (nSPS) is 13.2. The van der Waals surface area contributed by atoms with Crippen molar-refractivity contribution in [2.24, 2.45) is 0 Å². The largest absolute Gasteiger partial charge is 0.352 e. The number of hydrogen-bond donors (Lipinski definition) is 1. The van der Waals surface area contributed by atoms with Crippen molar-refractivity contribution in [2.75, 3.05) is 17.2 Å². The lowest BCUT2D eigenvalue weighted by molar-refractivity contribution is -0.121. The minimum Gasteiger partial charge on any atom is -0.352 e. The molecular weight excluding hydrogens is 456 g/mol. The minimum absolute atomic E-state index is 0.0327. The van der Waals surface area contributed by atoms with Crippen molar-refractivity contribution in [2.45, 2.75) is 37.6 Å². The quantitative estimate of drug-likeness (QED) is 0.661. The Kier molecular flexibility index (Phi) is 6.74. The molecule has 154 valence electrons. The molecule has 0 bridgehead atoms. The summed E-state index contributed by atoms with van der Waals surface area (Å²) in [5.74, 6) is -0.653. The van der Waals surface area contributed by atoms with E-state index in [2.05, 4.69) is 21.2 Å². The first-order chi connectivity index (χ1) is 13.8. The van der Waals surface area contributed by atoms with Crippen LogP contribution in [0, 0.1) is 0 Å². The number of fused-ring (bicyclic) bond motifs is 1. The maximum atomic E-state index is 12.9. The Hall–Kier alpha value is -2.19. The number of benzene rings is 2. The van der Waals surface area contributed by atoms with Gasteiger partial charge in [-0.25, -0.2) is 8.42 Å². The second-order valence-electron chi connectivity index (χ2n) is 6.89. The van der Waals surface area contributed by atoms with Crippen LogP contribution in [-0.2, 0) is 32.4 Å². The molecule has 2 aromatic rings. The Labute approximate surface area is 179 Å². The molecule has 0 spiro atoms. The Balaban J connectivity index is 1.69. The fourth-order valence-electron chi connectivity index (χ4n) is 3.30. The topological polar surface area (TPSA) is 83.6 Å². The fourth-order valence-corrected chi connectivity index (χ4v) is 5.75. The van der Waals surface area contributed by atoms with Gasteiger partial charge in [0.1, 0.15) is 0 Å². The molecule has 6 nitrogen and oxygen atoms in total. The zero-order valence-electron chi connectivity index (χ0n) is 16.2. The molecule has 1 aliphatic heterocycles. The molecule has 0 saturated carbocycles. The van der Waals surface area contributed by atoms with Crippen LogP contribution in [0.1, 0.15) is 30.9 Å². The van der Waals surface area contributed by atoms with Crippen molar-refractivity contribution in [3.05, 3.63) is 58.1 Å². The number of amides is 2. The van der Waals surface area contributed by atoms with E-state index in [-0.39, 0.29) is 28.9 Å². The molecule has 0 atom stereocenters. The van der Waals surface area contributed by atoms with Crippen LogP contribution >= 0.6 is 15.9 Å². The van der Waals surface area contributed by atoms with Crippen LogP contribution in [0.4, 0.5) is 5.69 Å². The lowest BCUT2D eigenvalue weighted by Crippen LogP contribution is -2.28. The van der Waals surface area contributed by atoms with Gasteiger partial charge in [0, 0.05) is 36.1 Å². The highest BCUT2D eigenvalue weighted by atomic mass is 79.9. The van der Waals surface area contributed by atoms with E-state index < -0.39 is 9.84 Å². The number of halogens is 1.